The third-order valence-corrected chi connectivity index (χ3v) is 4.77. The molecule has 5 heteroatoms. The van der Waals surface area contributed by atoms with E-state index in [1.165, 1.54) is 0 Å². The van der Waals surface area contributed by atoms with E-state index in [-0.39, 0.29) is 17.5 Å². The van der Waals surface area contributed by atoms with E-state index in [2.05, 4.69) is 4.98 Å². The Balaban J connectivity index is 2.31. The van der Waals surface area contributed by atoms with Crippen molar-refractivity contribution in [2.24, 2.45) is 5.73 Å². The van der Waals surface area contributed by atoms with Crippen molar-refractivity contribution in [1.82, 2.24) is 4.98 Å². The molecular weight excluding hydrogens is 260 g/mol. The van der Waals surface area contributed by atoms with Gasteiger partial charge in [-0.1, -0.05) is 31.2 Å². The van der Waals surface area contributed by atoms with E-state index in [1.807, 2.05) is 37.3 Å². The molecule has 1 unspecified atom stereocenters. The number of aromatic nitrogens is 1. The van der Waals surface area contributed by atoms with Gasteiger partial charge in [0.15, 0.2) is 9.84 Å². The summed E-state index contributed by atoms with van der Waals surface area (Å²) in [6, 6.07) is 9.06. The fourth-order valence-corrected chi connectivity index (χ4v) is 3.74. The molecule has 0 amide bonds. The molecule has 0 aliphatic heterocycles. The van der Waals surface area contributed by atoms with Crippen molar-refractivity contribution >= 4 is 20.7 Å². The number of benzene rings is 1. The summed E-state index contributed by atoms with van der Waals surface area (Å²) in [5.74, 6) is 0.0156. The zero-order valence-electron chi connectivity index (χ0n) is 10.9. The second kappa shape index (κ2) is 5.67. The van der Waals surface area contributed by atoms with E-state index >= 15 is 0 Å². The number of pyridine rings is 1. The quantitative estimate of drug-likeness (QED) is 0.906. The summed E-state index contributed by atoms with van der Waals surface area (Å²) in [7, 11) is -3.20. The third-order valence-electron chi connectivity index (χ3n) is 3.08. The maximum Gasteiger partial charge on any atom is 0.156 e. The lowest BCUT2D eigenvalue weighted by atomic mass is 10.1. The molecule has 4 nitrogen and oxygen atoms in total. The van der Waals surface area contributed by atoms with Crippen LogP contribution in [0.2, 0.25) is 0 Å². The SMILES string of the molecule is CCC(N)CS(=O)(=O)Cc1cccc2cccnc12. The first kappa shape index (κ1) is 14.0. The highest BCUT2D eigenvalue weighted by Crippen LogP contribution is 2.18. The summed E-state index contributed by atoms with van der Waals surface area (Å²) in [4.78, 5) is 4.27. The molecule has 0 saturated carbocycles. The van der Waals surface area contributed by atoms with Gasteiger partial charge in [-0.05, 0) is 18.1 Å². The maximum atomic E-state index is 12.1. The van der Waals surface area contributed by atoms with Gasteiger partial charge in [0.2, 0.25) is 0 Å². The van der Waals surface area contributed by atoms with Crippen LogP contribution in [0.1, 0.15) is 18.9 Å². The topological polar surface area (TPSA) is 73.1 Å². The summed E-state index contributed by atoms with van der Waals surface area (Å²) in [6.07, 6.45) is 2.34. The monoisotopic (exact) mass is 278 g/mol. The Bertz CT molecular complexity index is 663. The molecule has 0 aliphatic rings. The molecule has 0 saturated heterocycles. The van der Waals surface area contributed by atoms with Gasteiger partial charge in [0.05, 0.1) is 17.0 Å². The van der Waals surface area contributed by atoms with E-state index in [4.69, 9.17) is 5.73 Å². The molecule has 0 bridgehead atoms. The molecule has 1 aromatic heterocycles. The van der Waals surface area contributed by atoms with Gasteiger partial charge in [0, 0.05) is 17.6 Å². The number of rotatable bonds is 5. The van der Waals surface area contributed by atoms with E-state index in [0.29, 0.717) is 6.42 Å². The molecule has 0 spiro atoms. The second-order valence-corrected chi connectivity index (χ2v) is 6.82. The van der Waals surface area contributed by atoms with Crippen LogP contribution in [-0.2, 0) is 15.6 Å². The average Bonchev–Trinajstić information content (AvgIpc) is 2.38. The Labute approximate surface area is 113 Å². The highest BCUT2D eigenvalue weighted by molar-refractivity contribution is 7.90. The van der Waals surface area contributed by atoms with Crippen LogP contribution in [-0.4, -0.2) is 25.2 Å². The molecule has 102 valence electrons. The highest BCUT2D eigenvalue weighted by Gasteiger charge is 2.17. The molecule has 0 fully saturated rings. The first-order valence-electron chi connectivity index (χ1n) is 6.30. The summed E-state index contributed by atoms with van der Waals surface area (Å²) in [5.41, 5.74) is 7.22. The number of hydrogen-bond donors (Lipinski definition) is 1. The van der Waals surface area contributed by atoms with Crippen molar-refractivity contribution in [2.45, 2.75) is 25.1 Å². The Morgan fingerprint density at radius 3 is 2.74 bits per heavy atom. The largest absolute Gasteiger partial charge is 0.327 e. The lowest BCUT2D eigenvalue weighted by Crippen LogP contribution is -2.29. The van der Waals surface area contributed by atoms with Crippen molar-refractivity contribution in [3.05, 3.63) is 42.1 Å². The molecule has 2 aromatic rings. The predicted molar refractivity (Wildman–Crippen MR) is 77.5 cm³/mol. The van der Waals surface area contributed by atoms with E-state index in [9.17, 15) is 8.42 Å². The maximum absolute atomic E-state index is 12.1. The number of nitrogens with two attached hydrogens (primary N) is 1. The number of fused-ring (bicyclic) bond motifs is 1. The minimum Gasteiger partial charge on any atom is -0.327 e. The number of nitrogens with zero attached hydrogens (tertiary/aromatic N) is 1. The first-order valence-corrected chi connectivity index (χ1v) is 8.12. The first-order chi connectivity index (χ1) is 9.02. The molecule has 0 aliphatic carbocycles. The number of para-hydroxylation sites is 1. The lowest BCUT2D eigenvalue weighted by molar-refractivity contribution is 0.583. The van der Waals surface area contributed by atoms with Gasteiger partial charge in [-0.3, -0.25) is 4.98 Å². The Morgan fingerprint density at radius 2 is 2.00 bits per heavy atom. The van der Waals surface area contributed by atoms with Crippen LogP contribution in [0, 0.1) is 0 Å². The van der Waals surface area contributed by atoms with Crippen LogP contribution in [0.25, 0.3) is 10.9 Å². The van der Waals surface area contributed by atoms with E-state index in [1.54, 1.807) is 6.20 Å². The van der Waals surface area contributed by atoms with Crippen molar-refractivity contribution in [3.8, 4) is 0 Å². The van der Waals surface area contributed by atoms with Gasteiger partial charge >= 0.3 is 0 Å². The predicted octanol–water partition coefficient (Wildman–Crippen LogP) is 1.89. The molecule has 2 rings (SSSR count). The fourth-order valence-electron chi connectivity index (χ4n) is 2.02. The summed E-state index contributed by atoms with van der Waals surface area (Å²) >= 11 is 0. The van der Waals surface area contributed by atoms with Gasteiger partial charge in [-0.2, -0.15) is 0 Å². The van der Waals surface area contributed by atoms with Gasteiger partial charge < -0.3 is 5.73 Å². The van der Waals surface area contributed by atoms with Gasteiger partial charge in [-0.25, -0.2) is 8.42 Å². The Hall–Kier alpha value is -1.46. The molecule has 1 heterocycles. The van der Waals surface area contributed by atoms with Crippen LogP contribution < -0.4 is 5.73 Å². The minimum absolute atomic E-state index is 0.00491. The van der Waals surface area contributed by atoms with Gasteiger partial charge in [0.25, 0.3) is 0 Å². The molecular formula is C14H18N2O2S. The molecule has 19 heavy (non-hydrogen) atoms. The van der Waals surface area contributed by atoms with Crippen LogP contribution in [0.15, 0.2) is 36.5 Å². The Kier molecular flexibility index (Phi) is 4.17. The van der Waals surface area contributed by atoms with Crippen LogP contribution in [0.3, 0.4) is 0 Å². The standard InChI is InChI=1S/C14H18N2O2S/c1-2-13(15)10-19(17,18)9-12-6-3-5-11-7-4-8-16-14(11)12/h3-8,13H,2,9-10,15H2,1H3. The Morgan fingerprint density at radius 1 is 1.26 bits per heavy atom. The van der Waals surface area contributed by atoms with Gasteiger partial charge in [0.1, 0.15) is 0 Å². The summed E-state index contributed by atoms with van der Waals surface area (Å²) in [6.45, 7) is 1.89. The van der Waals surface area contributed by atoms with Crippen molar-refractivity contribution in [3.63, 3.8) is 0 Å². The molecule has 0 radical (unpaired) electrons. The molecule has 1 aromatic carbocycles. The van der Waals surface area contributed by atoms with Crippen LogP contribution >= 0.6 is 0 Å². The fraction of sp³-hybridized carbons (Fsp3) is 0.357. The van der Waals surface area contributed by atoms with Crippen molar-refractivity contribution in [1.29, 1.82) is 0 Å². The lowest BCUT2D eigenvalue weighted by Gasteiger charge is -2.10. The highest BCUT2D eigenvalue weighted by atomic mass is 32.2. The van der Waals surface area contributed by atoms with Crippen LogP contribution in [0.5, 0.6) is 0 Å². The zero-order chi connectivity index (χ0) is 13.9. The summed E-state index contributed by atoms with van der Waals surface area (Å²) in [5, 5.41) is 0.954. The molecule has 1 atom stereocenters. The smallest absolute Gasteiger partial charge is 0.156 e. The van der Waals surface area contributed by atoms with E-state index in [0.717, 1.165) is 16.5 Å². The van der Waals surface area contributed by atoms with Crippen molar-refractivity contribution in [2.75, 3.05) is 5.75 Å². The van der Waals surface area contributed by atoms with Gasteiger partial charge in [-0.15, -0.1) is 0 Å². The average molecular weight is 278 g/mol. The summed E-state index contributed by atoms with van der Waals surface area (Å²) < 4.78 is 24.2. The third kappa shape index (κ3) is 3.52. The molecule has 2 N–H and O–H groups in total. The second-order valence-electron chi connectivity index (χ2n) is 4.72. The van der Waals surface area contributed by atoms with Crippen molar-refractivity contribution < 1.29 is 8.42 Å². The minimum atomic E-state index is -3.20. The zero-order valence-corrected chi connectivity index (χ0v) is 11.7. The van der Waals surface area contributed by atoms with Crippen LogP contribution in [0.4, 0.5) is 0 Å². The normalized spacial score (nSPS) is 13.6. The number of hydrogen-bond acceptors (Lipinski definition) is 4. The van der Waals surface area contributed by atoms with E-state index < -0.39 is 9.84 Å². The number of sulfone groups is 1.